The summed E-state index contributed by atoms with van der Waals surface area (Å²) >= 11 is 0. The number of carbonyl (C=O) groups is 1. The molecule has 0 unspecified atom stereocenters. The number of fused-ring (bicyclic) bond motifs is 1. The topological polar surface area (TPSA) is 70.7 Å². The van der Waals surface area contributed by atoms with Gasteiger partial charge in [-0.25, -0.2) is 13.8 Å². The standard InChI is InChI=1S/C26H24F2N4O/c1-26(2,28)20-11-21(14-29-13-20)31-24(33)10-17-6-5-16(8-22(17)27)19-7-18-9-23(15-3-4-15)32-25(18)30-12-19/h5-9,11-15H,3-4,10H2,1-2H3,(H,30,32)(H,31,33). The van der Waals surface area contributed by atoms with Gasteiger partial charge in [0.05, 0.1) is 18.3 Å². The Hall–Kier alpha value is -3.61. The number of aromatic nitrogens is 3. The highest BCUT2D eigenvalue weighted by Gasteiger charge is 2.25. The summed E-state index contributed by atoms with van der Waals surface area (Å²) in [5.41, 5.74) is 2.98. The summed E-state index contributed by atoms with van der Waals surface area (Å²) < 4.78 is 29.0. The molecule has 0 spiro atoms. The zero-order valence-electron chi connectivity index (χ0n) is 18.5. The molecule has 4 aromatic rings. The molecular formula is C26H24F2N4O. The van der Waals surface area contributed by atoms with Crippen LogP contribution in [0.1, 0.15) is 49.4 Å². The van der Waals surface area contributed by atoms with Crippen molar-refractivity contribution in [3.8, 4) is 11.1 Å². The van der Waals surface area contributed by atoms with E-state index in [9.17, 15) is 13.6 Å². The molecule has 1 aliphatic carbocycles. The minimum atomic E-state index is -1.58. The van der Waals surface area contributed by atoms with Crippen molar-refractivity contribution in [2.45, 2.75) is 44.7 Å². The van der Waals surface area contributed by atoms with Crippen LogP contribution in [0.5, 0.6) is 0 Å². The van der Waals surface area contributed by atoms with Crippen LogP contribution >= 0.6 is 0 Å². The molecule has 1 saturated carbocycles. The van der Waals surface area contributed by atoms with Gasteiger partial charge < -0.3 is 10.3 Å². The quantitative estimate of drug-likeness (QED) is 0.380. The summed E-state index contributed by atoms with van der Waals surface area (Å²) in [5, 5.41) is 3.67. The summed E-state index contributed by atoms with van der Waals surface area (Å²) in [4.78, 5) is 24.3. The summed E-state index contributed by atoms with van der Waals surface area (Å²) in [6.45, 7) is 2.84. The lowest BCUT2D eigenvalue weighted by Crippen LogP contribution is -2.17. The van der Waals surface area contributed by atoms with Gasteiger partial charge in [0.2, 0.25) is 5.91 Å². The molecule has 0 saturated heterocycles. The van der Waals surface area contributed by atoms with E-state index in [1.54, 1.807) is 18.3 Å². The first-order valence-electron chi connectivity index (χ1n) is 11.0. The highest BCUT2D eigenvalue weighted by molar-refractivity contribution is 5.92. The van der Waals surface area contributed by atoms with E-state index in [1.165, 1.54) is 56.9 Å². The Labute approximate surface area is 190 Å². The van der Waals surface area contributed by atoms with Gasteiger partial charge in [-0.3, -0.25) is 9.78 Å². The predicted molar refractivity (Wildman–Crippen MR) is 124 cm³/mol. The largest absolute Gasteiger partial charge is 0.343 e. The highest BCUT2D eigenvalue weighted by atomic mass is 19.1. The number of amides is 1. The van der Waals surface area contributed by atoms with Crippen LogP contribution in [-0.4, -0.2) is 20.9 Å². The van der Waals surface area contributed by atoms with Gasteiger partial charge in [-0.15, -0.1) is 0 Å². The van der Waals surface area contributed by atoms with Crippen LogP contribution in [0.25, 0.3) is 22.2 Å². The Bertz CT molecular complexity index is 1350. The molecule has 168 valence electrons. The van der Waals surface area contributed by atoms with Gasteiger partial charge >= 0.3 is 0 Å². The smallest absolute Gasteiger partial charge is 0.228 e. The monoisotopic (exact) mass is 446 g/mol. The van der Waals surface area contributed by atoms with Gasteiger partial charge in [0.15, 0.2) is 0 Å². The average molecular weight is 447 g/mol. The number of aromatic amines is 1. The van der Waals surface area contributed by atoms with Crippen LogP contribution in [0.15, 0.2) is 55.0 Å². The lowest BCUT2D eigenvalue weighted by atomic mass is 10.0. The molecule has 1 aliphatic rings. The maximum atomic E-state index is 14.8. The minimum absolute atomic E-state index is 0.144. The molecular weight excluding hydrogens is 422 g/mol. The normalized spacial score (nSPS) is 13.9. The number of hydrogen-bond acceptors (Lipinski definition) is 3. The number of anilines is 1. The zero-order chi connectivity index (χ0) is 23.2. The number of halogens is 2. The van der Waals surface area contributed by atoms with E-state index in [0.29, 0.717) is 22.7 Å². The van der Waals surface area contributed by atoms with Crippen molar-refractivity contribution in [3.05, 3.63) is 77.6 Å². The van der Waals surface area contributed by atoms with Crippen molar-refractivity contribution in [1.29, 1.82) is 0 Å². The molecule has 0 radical (unpaired) electrons. The maximum absolute atomic E-state index is 14.8. The molecule has 0 bridgehead atoms. The van der Waals surface area contributed by atoms with Crippen molar-refractivity contribution < 1.29 is 13.6 Å². The molecule has 2 N–H and O–H groups in total. The fourth-order valence-corrected chi connectivity index (χ4v) is 3.89. The predicted octanol–water partition coefficient (Wildman–Crippen LogP) is 6.03. The fourth-order valence-electron chi connectivity index (χ4n) is 3.89. The Morgan fingerprint density at radius 2 is 1.94 bits per heavy atom. The zero-order valence-corrected chi connectivity index (χ0v) is 18.5. The summed E-state index contributed by atoms with van der Waals surface area (Å²) in [6, 6.07) is 10.5. The van der Waals surface area contributed by atoms with E-state index in [-0.39, 0.29) is 12.0 Å². The van der Waals surface area contributed by atoms with Crippen molar-refractivity contribution in [3.63, 3.8) is 0 Å². The van der Waals surface area contributed by atoms with E-state index < -0.39 is 17.4 Å². The third-order valence-electron chi connectivity index (χ3n) is 5.95. The lowest BCUT2D eigenvalue weighted by Gasteiger charge is -2.15. The Balaban J connectivity index is 1.31. The van der Waals surface area contributed by atoms with Crippen molar-refractivity contribution in [2.75, 3.05) is 5.32 Å². The van der Waals surface area contributed by atoms with Gasteiger partial charge in [-0.2, -0.15) is 0 Å². The second-order valence-corrected chi connectivity index (χ2v) is 9.13. The number of benzene rings is 1. The third-order valence-corrected chi connectivity index (χ3v) is 5.95. The molecule has 3 heterocycles. The van der Waals surface area contributed by atoms with Crippen LogP contribution in [0.4, 0.5) is 14.5 Å². The van der Waals surface area contributed by atoms with Crippen molar-refractivity contribution in [2.24, 2.45) is 0 Å². The molecule has 0 atom stereocenters. The van der Waals surface area contributed by atoms with E-state index in [4.69, 9.17) is 0 Å². The van der Waals surface area contributed by atoms with Gasteiger partial charge in [-0.1, -0.05) is 12.1 Å². The van der Waals surface area contributed by atoms with Crippen molar-refractivity contribution in [1.82, 2.24) is 15.0 Å². The number of rotatable bonds is 6. The second kappa shape index (κ2) is 8.06. The lowest BCUT2D eigenvalue weighted by molar-refractivity contribution is -0.115. The minimum Gasteiger partial charge on any atom is -0.343 e. The number of pyridine rings is 2. The first kappa shape index (κ1) is 21.2. The number of nitrogens with zero attached hydrogens (tertiary/aromatic N) is 2. The van der Waals surface area contributed by atoms with E-state index >= 15 is 0 Å². The van der Waals surface area contributed by atoms with Crippen LogP contribution in [0.3, 0.4) is 0 Å². The maximum Gasteiger partial charge on any atom is 0.228 e. The average Bonchev–Trinajstić information content (AvgIpc) is 3.53. The van der Waals surface area contributed by atoms with Crippen LogP contribution < -0.4 is 5.32 Å². The molecule has 5 rings (SSSR count). The molecule has 1 amide bonds. The molecule has 33 heavy (non-hydrogen) atoms. The SMILES string of the molecule is CC(C)(F)c1cncc(NC(=O)Cc2ccc(-c3cnc4[nH]c(C5CC5)cc4c3)cc2F)c1. The van der Waals surface area contributed by atoms with Crippen LogP contribution in [-0.2, 0) is 16.9 Å². The number of H-pyrrole nitrogens is 1. The second-order valence-electron chi connectivity index (χ2n) is 9.13. The highest BCUT2D eigenvalue weighted by Crippen LogP contribution is 2.40. The first-order valence-corrected chi connectivity index (χ1v) is 11.0. The molecule has 1 fully saturated rings. The fraction of sp³-hybridized carbons (Fsp3) is 0.269. The van der Waals surface area contributed by atoms with E-state index in [2.05, 4.69) is 26.3 Å². The van der Waals surface area contributed by atoms with Crippen LogP contribution in [0, 0.1) is 5.82 Å². The van der Waals surface area contributed by atoms with Gasteiger partial charge in [0.25, 0.3) is 0 Å². The number of nitrogens with one attached hydrogen (secondary N) is 2. The Morgan fingerprint density at radius 3 is 2.67 bits per heavy atom. The molecule has 1 aromatic carbocycles. The van der Waals surface area contributed by atoms with E-state index in [0.717, 1.165) is 16.6 Å². The van der Waals surface area contributed by atoms with Gasteiger partial charge in [0, 0.05) is 34.6 Å². The van der Waals surface area contributed by atoms with E-state index in [1.807, 2.05) is 6.07 Å². The number of hydrogen-bond donors (Lipinski definition) is 2. The van der Waals surface area contributed by atoms with Gasteiger partial charge in [-0.05, 0) is 68.0 Å². The molecule has 7 heteroatoms. The number of carbonyl (C=O) groups excluding carboxylic acids is 1. The molecule has 5 nitrogen and oxygen atoms in total. The summed E-state index contributed by atoms with van der Waals surface area (Å²) in [5.74, 6) is -0.264. The number of alkyl halides is 1. The summed E-state index contributed by atoms with van der Waals surface area (Å²) in [6.07, 6.45) is 6.84. The summed E-state index contributed by atoms with van der Waals surface area (Å²) in [7, 11) is 0. The molecule has 3 aromatic heterocycles. The molecule has 0 aliphatic heterocycles. The Morgan fingerprint density at radius 1 is 1.12 bits per heavy atom. The van der Waals surface area contributed by atoms with Crippen LogP contribution in [0.2, 0.25) is 0 Å². The third kappa shape index (κ3) is 4.62. The first-order chi connectivity index (χ1) is 15.8. The van der Waals surface area contributed by atoms with Crippen molar-refractivity contribution >= 4 is 22.6 Å². The van der Waals surface area contributed by atoms with Gasteiger partial charge in [0.1, 0.15) is 17.1 Å². The Kier molecular flexibility index (Phi) is 5.19.